The van der Waals surface area contributed by atoms with Gasteiger partial charge in [0.05, 0.1) is 0 Å². The Balaban J connectivity index is 2.09. The molecule has 2 rings (SSSR count). The van der Waals surface area contributed by atoms with Gasteiger partial charge in [-0.3, -0.25) is 0 Å². The molecular formula is C15H20ClN3. The molecule has 1 aromatic heterocycles. The van der Waals surface area contributed by atoms with E-state index in [0.29, 0.717) is 6.04 Å². The number of aryl methyl sites for hydroxylation is 1. The first kappa shape index (κ1) is 14.1. The van der Waals surface area contributed by atoms with Gasteiger partial charge >= 0.3 is 0 Å². The number of halogens is 1. The third-order valence-electron chi connectivity index (χ3n) is 3.10. The van der Waals surface area contributed by atoms with Crippen molar-refractivity contribution in [1.29, 1.82) is 0 Å². The number of benzene rings is 1. The summed E-state index contributed by atoms with van der Waals surface area (Å²) in [5.74, 6) is 1.02. The summed E-state index contributed by atoms with van der Waals surface area (Å²) < 4.78 is 2.02. The molecule has 1 heterocycles. The van der Waals surface area contributed by atoms with E-state index in [9.17, 15) is 0 Å². The van der Waals surface area contributed by atoms with Gasteiger partial charge in [-0.2, -0.15) is 0 Å². The summed E-state index contributed by atoms with van der Waals surface area (Å²) in [6.07, 6.45) is 4.52. The van der Waals surface area contributed by atoms with Crippen LogP contribution in [0, 0.1) is 0 Å². The summed E-state index contributed by atoms with van der Waals surface area (Å²) in [6.45, 7) is 5.12. The lowest BCUT2D eigenvalue weighted by molar-refractivity contribution is 0.589. The predicted molar refractivity (Wildman–Crippen MR) is 79.4 cm³/mol. The van der Waals surface area contributed by atoms with Gasteiger partial charge < -0.3 is 9.88 Å². The van der Waals surface area contributed by atoms with E-state index in [-0.39, 0.29) is 0 Å². The fourth-order valence-corrected chi connectivity index (χ4v) is 2.17. The second kappa shape index (κ2) is 6.22. The van der Waals surface area contributed by atoms with Crippen LogP contribution in [0.1, 0.15) is 30.8 Å². The molecule has 0 atom stereocenters. The molecule has 0 radical (unpaired) electrons. The second-order valence-electron chi connectivity index (χ2n) is 5.09. The zero-order valence-corrected chi connectivity index (χ0v) is 12.4. The Morgan fingerprint density at radius 3 is 2.74 bits per heavy atom. The van der Waals surface area contributed by atoms with Crippen LogP contribution >= 0.6 is 11.6 Å². The lowest BCUT2D eigenvalue weighted by Crippen LogP contribution is -2.21. The highest BCUT2D eigenvalue weighted by atomic mass is 35.5. The normalized spacial score (nSPS) is 11.2. The maximum absolute atomic E-state index is 6.35. The number of hydrogen-bond donors (Lipinski definition) is 1. The Kier molecular flexibility index (Phi) is 4.61. The van der Waals surface area contributed by atoms with Crippen LogP contribution in [0.3, 0.4) is 0 Å². The monoisotopic (exact) mass is 277 g/mol. The number of nitrogens with zero attached hydrogens (tertiary/aromatic N) is 2. The first-order valence-corrected chi connectivity index (χ1v) is 6.91. The van der Waals surface area contributed by atoms with Crippen LogP contribution in [0.25, 0.3) is 0 Å². The topological polar surface area (TPSA) is 29.9 Å². The van der Waals surface area contributed by atoms with Crippen molar-refractivity contribution in [3.05, 3.63) is 52.6 Å². The molecule has 0 bridgehead atoms. The van der Waals surface area contributed by atoms with Gasteiger partial charge in [0.15, 0.2) is 0 Å². The van der Waals surface area contributed by atoms with Crippen LogP contribution in [0.4, 0.5) is 0 Å². The Labute approximate surface area is 119 Å². The van der Waals surface area contributed by atoms with E-state index in [2.05, 4.69) is 36.3 Å². The Morgan fingerprint density at radius 1 is 1.37 bits per heavy atom. The fourth-order valence-electron chi connectivity index (χ4n) is 1.90. The van der Waals surface area contributed by atoms with Gasteiger partial charge in [0, 0.05) is 43.5 Å². The standard InChI is InChI=1S/C15H20ClN3/c1-11(2)18-10-12-4-5-13(14(16)8-12)9-15-17-6-7-19(15)3/h4-8,11,18H,9-10H2,1-3H3. The van der Waals surface area contributed by atoms with Crippen LogP contribution in [0.15, 0.2) is 30.6 Å². The van der Waals surface area contributed by atoms with Crippen LogP contribution in [0.5, 0.6) is 0 Å². The van der Waals surface area contributed by atoms with Crippen LogP contribution < -0.4 is 5.32 Å². The molecule has 2 aromatic rings. The molecule has 0 aliphatic rings. The maximum atomic E-state index is 6.35. The molecule has 1 aromatic carbocycles. The SMILES string of the molecule is CC(C)NCc1ccc(Cc2nccn2C)c(Cl)c1. The van der Waals surface area contributed by atoms with Crippen molar-refractivity contribution >= 4 is 11.6 Å². The first-order chi connectivity index (χ1) is 9.06. The summed E-state index contributed by atoms with van der Waals surface area (Å²) >= 11 is 6.35. The van der Waals surface area contributed by atoms with E-state index in [1.807, 2.05) is 30.1 Å². The third-order valence-corrected chi connectivity index (χ3v) is 3.45. The van der Waals surface area contributed by atoms with Crippen molar-refractivity contribution in [3.63, 3.8) is 0 Å². The fraction of sp³-hybridized carbons (Fsp3) is 0.400. The average molecular weight is 278 g/mol. The molecule has 0 aliphatic heterocycles. The first-order valence-electron chi connectivity index (χ1n) is 6.53. The zero-order chi connectivity index (χ0) is 13.8. The minimum absolute atomic E-state index is 0.478. The van der Waals surface area contributed by atoms with Crippen molar-refractivity contribution in [2.45, 2.75) is 32.9 Å². The summed E-state index contributed by atoms with van der Waals surface area (Å²) in [7, 11) is 2.00. The molecular weight excluding hydrogens is 258 g/mol. The summed E-state index contributed by atoms with van der Waals surface area (Å²) in [5.41, 5.74) is 2.33. The highest BCUT2D eigenvalue weighted by molar-refractivity contribution is 6.31. The van der Waals surface area contributed by atoms with Gasteiger partial charge in [0.1, 0.15) is 5.82 Å². The molecule has 3 nitrogen and oxygen atoms in total. The lowest BCUT2D eigenvalue weighted by atomic mass is 10.1. The largest absolute Gasteiger partial charge is 0.338 e. The molecule has 0 saturated carbocycles. The van der Waals surface area contributed by atoms with Gasteiger partial charge in [-0.15, -0.1) is 0 Å². The molecule has 102 valence electrons. The van der Waals surface area contributed by atoms with E-state index in [1.54, 1.807) is 0 Å². The van der Waals surface area contributed by atoms with E-state index >= 15 is 0 Å². The number of nitrogens with one attached hydrogen (secondary N) is 1. The molecule has 19 heavy (non-hydrogen) atoms. The van der Waals surface area contributed by atoms with Gasteiger partial charge in [0.2, 0.25) is 0 Å². The van der Waals surface area contributed by atoms with Crippen molar-refractivity contribution in [2.75, 3.05) is 0 Å². The smallest absolute Gasteiger partial charge is 0.112 e. The molecule has 0 saturated heterocycles. The maximum Gasteiger partial charge on any atom is 0.112 e. The van der Waals surface area contributed by atoms with Gasteiger partial charge in [-0.1, -0.05) is 37.6 Å². The molecule has 0 aliphatic carbocycles. The van der Waals surface area contributed by atoms with E-state index in [1.165, 1.54) is 5.56 Å². The summed E-state index contributed by atoms with van der Waals surface area (Å²) in [5, 5.41) is 4.20. The van der Waals surface area contributed by atoms with Crippen molar-refractivity contribution in [2.24, 2.45) is 7.05 Å². The van der Waals surface area contributed by atoms with Crippen molar-refractivity contribution in [3.8, 4) is 0 Å². The number of hydrogen-bond acceptors (Lipinski definition) is 2. The lowest BCUT2D eigenvalue weighted by Gasteiger charge is -2.10. The van der Waals surface area contributed by atoms with Gasteiger partial charge in [-0.05, 0) is 17.2 Å². The van der Waals surface area contributed by atoms with Crippen molar-refractivity contribution < 1.29 is 0 Å². The van der Waals surface area contributed by atoms with Crippen LogP contribution in [-0.4, -0.2) is 15.6 Å². The summed E-state index contributed by atoms with van der Waals surface area (Å²) in [6, 6.07) is 6.73. The number of rotatable bonds is 5. The molecule has 0 fully saturated rings. The molecule has 4 heteroatoms. The van der Waals surface area contributed by atoms with E-state index in [0.717, 1.165) is 29.4 Å². The molecule has 0 amide bonds. The Morgan fingerprint density at radius 2 is 2.16 bits per heavy atom. The quantitative estimate of drug-likeness (QED) is 0.910. The number of aromatic nitrogens is 2. The van der Waals surface area contributed by atoms with Crippen LogP contribution in [0.2, 0.25) is 5.02 Å². The minimum atomic E-state index is 0.478. The molecule has 0 spiro atoms. The highest BCUT2D eigenvalue weighted by Crippen LogP contribution is 2.20. The zero-order valence-electron chi connectivity index (χ0n) is 11.7. The Bertz CT molecular complexity index is 546. The second-order valence-corrected chi connectivity index (χ2v) is 5.50. The number of imidazole rings is 1. The van der Waals surface area contributed by atoms with Gasteiger partial charge in [0.25, 0.3) is 0 Å². The summed E-state index contributed by atoms with van der Waals surface area (Å²) in [4.78, 5) is 4.33. The third kappa shape index (κ3) is 3.82. The predicted octanol–water partition coefficient (Wildman–Crippen LogP) is 3.16. The Hall–Kier alpha value is -1.32. The highest BCUT2D eigenvalue weighted by Gasteiger charge is 2.06. The van der Waals surface area contributed by atoms with Crippen LogP contribution in [-0.2, 0) is 20.0 Å². The van der Waals surface area contributed by atoms with E-state index in [4.69, 9.17) is 11.6 Å². The molecule has 0 unspecified atom stereocenters. The average Bonchev–Trinajstić information content (AvgIpc) is 2.75. The van der Waals surface area contributed by atoms with Crippen molar-refractivity contribution in [1.82, 2.24) is 14.9 Å². The van der Waals surface area contributed by atoms with Gasteiger partial charge in [-0.25, -0.2) is 4.98 Å². The molecule has 1 N–H and O–H groups in total. The minimum Gasteiger partial charge on any atom is -0.338 e. The van der Waals surface area contributed by atoms with E-state index < -0.39 is 0 Å².